The molecule has 1 N–H and O–H groups in total. The molecule has 0 radical (unpaired) electrons. The van der Waals surface area contributed by atoms with Gasteiger partial charge in [-0.2, -0.15) is 0 Å². The highest BCUT2D eigenvalue weighted by Gasteiger charge is 2.38. The van der Waals surface area contributed by atoms with Crippen molar-refractivity contribution >= 4 is 23.2 Å². The fraction of sp³-hybridized carbons (Fsp3) is 0.417. The summed E-state index contributed by atoms with van der Waals surface area (Å²) in [4.78, 5) is 27.8. The first-order valence-electron chi connectivity index (χ1n) is 10.1. The number of nitrogens with zero attached hydrogens (tertiary/aromatic N) is 1. The molecule has 29 heavy (non-hydrogen) atoms. The maximum absolute atomic E-state index is 13.2. The number of ether oxygens (including phenoxy) is 1. The molecule has 5 heteroatoms. The van der Waals surface area contributed by atoms with Gasteiger partial charge in [-0.1, -0.05) is 31.5 Å². The van der Waals surface area contributed by atoms with Gasteiger partial charge in [0.1, 0.15) is 12.4 Å². The number of carbonyl (C=O) groups is 2. The molecule has 2 amide bonds. The number of amides is 2. The van der Waals surface area contributed by atoms with Gasteiger partial charge in [-0.3, -0.25) is 9.59 Å². The van der Waals surface area contributed by atoms with Crippen molar-refractivity contribution in [2.75, 3.05) is 23.4 Å². The number of benzene rings is 2. The molecule has 3 rings (SSSR count). The second kappa shape index (κ2) is 7.90. The Kier molecular flexibility index (Phi) is 5.69. The number of carbonyl (C=O) groups excluding carboxylic acids is 2. The van der Waals surface area contributed by atoms with E-state index in [1.54, 1.807) is 4.90 Å². The van der Waals surface area contributed by atoms with Gasteiger partial charge >= 0.3 is 0 Å². The standard InChI is InChI=1S/C24H30N2O3/c1-15(2)13-26-20-12-18(9-10-21(20)29-14-24(5,6)23(26)28)25-22(27)19-11-16(3)7-8-17(19)4/h7-12,15H,13-14H2,1-6H3,(H,25,27). The molecule has 154 valence electrons. The fourth-order valence-corrected chi connectivity index (χ4v) is 3.45. The van der Waals surface area contributed by atoms with Crippen LogP contribution in [0.4, 0.5) is 11.4 Å². The number of aryl methyl sites for hydroxylation is 2. The van der Waals surface area contributed by atoms with Gasteiger partial charge in [0.25, 0.3) is 5.91 Å². The van der Waals surface area contributed by atoms with E-state index in [4.69, 9.17) is 4.74 Å². The van der Waals surface area contributed by atoms with Crippen LogP contribution in [0.25, 0.3) is 0 Å². The summed E-state index contributed by atoms with van der Waals surface area (Å²) in [5, 5.41) is 2.97. The zero-order valence-corrected chi connectivity index (χ0v) is 18.1. The molecule has 1 heterocycles. The van der Waals surface area contributed by atoms with E-state index in [-0.39, 0.29) is 11.8 Å². The van der Waals surface area contributed by atoms with Crippen LogP contribution in [0, 0.1) is 25.2 Å². The van der Waals surface area contributed by atoms with E-state index in [2.05, 4.69) is 19.2 Å². The normalized spacial score (nSPS) is 15.6. The third kappa shape index (κ3) is 4.44. The van der Waals surface area contributed by atoms with Crippen LogP contribution >= 0.6 is 0 Å². The van der Waals surface area contributed by atoms with Gasteiger partial charge in [0.15, 0.2) is 0 Å². The molecule has 1 aliphatic heterocycles. The van der Waals surface area contributed by atoms with Crippen LogP contribution in [0.15, 0.2) is 36.4 Å². The summed E-state index contributed by atoms with van der Waals surface area (Å²) >= 11 is 0. The van der Waals surface area contributed by atoms with Crippen molar-refractivity contribution in [3.8, 4) is 5.75 Å². The number of hydrogen-bond acceptors (Lipinski definition) is 3. The molecule has 0 atom stereocenters. The summed E-state index contributed by atoms with van der Waals surface area (Å²) < 4.78 is 5.95. The number of anilines is 2. The molecular formula is C24H30N2O3. The molecule has 2 aromatic carbocycles. The van der Waals surface area contributed by atoms with Gasteiger partial charge < -0.3 is 15.0 Å². The fourth-order valence-electron chi connectivity index (χ4n) is 3.45. The van der Waals surface area contributed by atoms with E-state index in [1.165, 1.54) is 0 Å². The van der Waals surface area contributed by atoms with Crippen molar-refractivity contribution in [2.24, 2.45) is 11.3 Å². The minimum absolute atomic E-state index is 0.0305. The van der Waals surface area contributed by atoms with E-state index < -0.39 is 5.41 Å². The summed E-state index contributed by atoms with van der Waals surface area (Å²) in [5.74, 6) is 0.828. The quantitative estimate of drug-likeness (QED) is 0.797. The van der Waals surface area contributed by atoms with Crippen LogP contribution in [0.1, 0.15) is 49.2 Å². The zero-order valence-electron chi connectivity index (χ0n) is 18.1. The smallest absolute Gasteiger partial charge is 0.255 e. The van der Waals surface area contributed by atoms with E-state index in [0.29, 0.717) is 41.8 Å². The molecule has 0 unspecified atom stereocenters. The predicted molar refractivity (Wildman–Crippen MR) is 117 cm³/mol. The largest absolute Gasteiger partial charge is 0.490 e. The average molecular weight is 395 g/mol. The molecule has 5 nitrogen and oxygen atoms in total. The zero-order chi connectivity index (χ0) is 21.3. The molecule has 2 aromatic rings. The number of hydrogen-bond donors (Lipinski definition) is 1. The highest BCUT2D eigenvalue weighted by atomic mass is 16.5. The predicted octanol–water partition coefficient (Wildman–Crippen LogP) is 4.96. The highest BCUT2D eigenvalue weighted by Crippen LogP contribution is 2.38. The average Bonchev–Trinajstić information content (AvgIpc) is 2.74. The minimum Gasteiger partial charge on any atom is -0.490 e. The summed E-state index contributed by atoms with van der Waals surface area (Å²) in [6.07, 6.45) is 0. The Hall–Kier alpha value is -2.82. The molecule has 0 aromatic heterocycles. The third-order valence-electron chi connectivity index (χ3n) is 5.11. The molecule has 0 aliphatic carbocycles. The molecule has 0 spiro atoms. The first-order chi connectivity index (χ1) is 13.6. The summed E-state index contributed by atoms with van der Waals surface area (Å²) in [7, 11) is 0. The Bertz CT molecular complexity index is 947. The van der Waals surface area contributed by atoms with E-state index in [1.807, 2.05) is 64.1 Å². The molecular weight excluding hydrogens is 364 g/mol. The lowest BCUT2D eigenvalue weighted by Gasteiger charge is -2.29. The Morgan fingerprint density at radius 1 is 1.17 bits per heavy atom. The van der Waals surface area contributed by atoms with Crippen molar-refractivity contribution in [3.63, 3.8) is 0 Å². The molecule has 0 bridgehead atoms. The monoisotopic (exact) mass is 394 g/mol. The van der Waals surface area contributed by atoms with Crippen LogP contribution in [0.2, 0.25) is 0 Å². The maximum atomic E-state index is 13.2. The molecule has 0 saturated heterocycles. The first-order valence-corrected chi connectivity index (χ1v) is 10.1. The number of nitrogens with one attached hydrogen (secondary N) is 1. The number of fused-ring (bicyclic) bond motifs is 1. The highest BCUT2D eigenvalue weighted by molar-refractivity contribution is 6.06. The lowest BCUT2D eigenvalue weighted by Crippen LogP contribution is -2.43. The van der Waals surface area contributed by atoms with E-state index >= 15 is 0 Å². The Morgan fingerprint density at radius 2 is 1.90 bits per heavy atom. The van der Waals surface area contributed by atoms with Crippen molar-refractivity contribution in [2.45, 2.75) is 41.5 Å². The van der Waals surface area contributed by atoms with Gasteiger partial charge in [0.05, 0.1) is 11.1 Å². The Morgan fingerprint density at radius 3 is 2.59 bits per heavy atom. The van der Waals surface area contributed by atoms with E-state index in [0.717, 1.165) is 11.1 Å². The summed E-state index contributed by atoms with van der Waals surface area (Å²) in [5.41, 5.74) is 3.33. The third-order valence-corrected chi connectivity index (χ3v) is 5.11. The van der Waals surface area contributed by atoms with Crippen molar-refractivity contribution in [1.29, 1.82) is 0 Å². The van der Waals surface area contributed by atoms with E-state index in [9.17, 15) is 9.59 Å². The topological polar surface area (TPSA) is 58.6 Å². The molecule has 0 fully saturated rings. The lowest BCUT2D eigenvalue weighted by molar-refractivity contribution is -0.127. The van der Waals surface area contributed by atoms with Crippen LogP contribution in [0.3, 0.4) is 0 Å². The van der Waals surface area contributed by atoms with Gasteiger partial charge in [0.2, 0.25) is 5.91 Å². The molecule has 0 saturated carbocycles. The maximum Gasteiger partial charge on any atom is 0.255 e. The van der Waals surface area contributed by atoms with Gasteiger partial charge in [-0.05, 0) is 63.4 Å². The van der Waals surface area contributed by atoms with Crippen LogP contribution in [-0.4, -0.2) is 25.0 Å². The minimum atomic E-state index is -0.615. The Balaban J connectivity index is 1.96. The SMILES string of the molecule is Cc1ccc(C)c(C(=O)Nc2ccc3c(c2)N(CC(C)C)C(=O)C(C)(C)CO3)c1. The van der Waals surface area contributed by atoms with Crippen molar-refractivity contribution in [3.05, 3.63) is 53.1 Å². The van der Waals surface area contributed by atoms with Gasteiger partial charge in [0, 0.05) is 17.8 Å². The summed E-state index contributed by atoms with van der Waals surface area (Å²) in [6.45, 7) is 12.8. The number of rotatable bonds is 4. The first kappa shape index (κ1) is 20.9. The van der Waals surface area contributed by atoms with Crippen molar-refractivity contribution < 1.29 is 14.3 Å². The Labute approximate surface area is 173 Å². The second-order valence-corrected chi connectivity index (χ2v) is 8.94. The summed E-state index contributed by atoms with van der Waals surface area (Å²) in [6, 6.07) is 11.3. The lowest BCUT2D eigenvalue weighted by atomic mass is 9.92. The van der Waals surface area contributed by atoms with Crippen LogP contribution in [-0.2, 0) is 4.79 Å². The second-order valence-electron chi connectivity index (χ2n) is 8.94. The van der Waals surface area contributed by atoms with Crippen LogP contribution in [0.5, 0.6) is 5.75 Å². The van der Waals surface area contributed by atoms with Crippen LogP contribution < -0.4 is 15.0 Å². The van der Waals surface area contributed by atoms with Gasteiger partial charge in [-0.15, -0.1) is 0 Å². The van der Waals surface area contributed by atoms with Gasteiger partial charge in [-0.25, -0.2) is 0 Å². The molecule has 1 aliphatic rings. The van der Waals surface area contributed by atoms with Crippen molar-refractivity contribution in [1.82, 2.24) is 0 Å².